The second-order valence-electron chi connectivity index (χ2n) is 14.7. The fourth-order valence-electron chi connectivity index (χ4n) is 11.0. The van der Waals surface area contributed by atoms with Crippen LogP contribution < -0.4 is 0 Å². The lowest BCUT2D eigenvalue weighted by molar-refractivity contribution is -0.159. The molecule has 0 amide bonds. The Hall–Kier alpha value is -1.57. The van der Waals surface area contributed by atoms with Crippen molar-refractivity contribution in [2.75, 3.05) is 0 Å². The standard InChI is InChI=1S/C30H42O7/c1-13-11-30(12-14(2)25(36)37-30)21-18(13)28(6)24(35)22(33)20-19(29(28,7)23(21)34)15(31)10-16-26(3,4)17(32)8-9-27(16,20)5/h13-18,21,24,31-32,35H,8-12H2,1-7H3/t13-,14?,15-,16?,17+,18?,21-,24-,27+,28+,29-,30?/m1/s1. The quantitative estimate of drug-likeness (QED) is 0.425. The molecule has 0 aromatic carbocycles. The van der Waals surface area contributed by atoms with Gasteiger partial charge in [-0.15, -0.1) is 0 Å². The molecule has 1 saturated heterocycles. The molecule has 0 aromatic heterocycles. The van der Waals surface area contributed by atoms with Gasteiger partial charge in [-0.2, -0.15) is 0 Å². The summed E-state index contributed by atoms with van der Waals surface area (Å²) in [5, 5.41) is 34.6. The number of carbonyl (C=O) groups excluding carboxylic acids is 3. The zero-order chi connectivity index (χ0) is 27.2. The number of aliphatic hydroxyl groups is 3. The summed E-state index contributed by atoms with van der Waals surface area (Å²) in [5.74, 6) is -2.29. The summed E-state index contributed by atoms with van der Waals surface area (Å²) in [6, 6.07) is 0. The monoisotopic (exact) mass is 514 g/mol. The normalized spacial score (nSPS) is 56.2. The van der Waals surface area contributed by atoms with Crippen molar-refractivity contribution >= 4 is 17.5 Å². The molecule has 3 saturated carbocycles. The van der Waals surface area contributed by atoms with E-state index in [0.29, 0.717) is 43.3 Å². The number of fused-ring (bicyclic) bond motifs is 7. The van der Waals surface area contributed by atoms with Gasteiger partial charge in [0.2, 0.25) is 0 Å². The summed E-state index contributed by atoms with van der Waals surface area (Å²) < 4.78 is 6.01. The van der Waals surface area contributed by atoms with Gasteiger partial charge in [-0.05, 0) is 66.8 Å². The molecule has 6 aliphatic rings. The van der Waals surface area contributed by atoms with E-state index in [4.69, 9.17) is 4.74 Å². The number of hydrogen-bond acceptors (Lipinski definition) is 7. The average Bonchev–Trinajstić information content (AvgIpc) is 3.33. The van der Waals surface area contributed by atoms with E-state index < -0.39 is 51.5 Å². The molecule has 6 rings (SSSR count). The minimum absolute atomic E-state index is 0.0451. The highest BCUT2D eigenvalue weighted by molar-refractivity contribution is 6.08. The third-order valence-electron chi connectivity index (χ3n) is 12.8. The molecular formula is C30H42O7. The number of ether oxygens (including phenoxy) is 1. The van der Waals surface area contributed by atoms with Crippen LogP contribution in [0.15, 0.2) is 11.1 Å². The fraction of sp³-hybridized carbons (Fsp3) is 0.833. The van der Waals surface area contributed by atoms with Crippen molar-refractivity contribution in [3.8, 4) is 0 Å². The van der Waals surface area contributed by atoms with Crippen molar-refractivity contribution in [2.24, 2.45) is 51.2 Å². The van der Waals surface area contributed by atoms with Crippen LogP contribution in [-0.4, -0.2) is 56.8 Å². The Balaban J connectivity index is 1.59. The number of aliphatic hydroxyl groups excluding tert-OH is 3. The van der Waals surface area contributed by atoms with Crippen LogP contribution in [0.2, 0.25) is 0 Å². The predicted molar refractivity (Wildman–Crippen MR) is 134 cm³/mol. The van der Waals surface area contributed by atoms with E-state index >= 15 is 0 Å². The van der Waals surface area contributed by atoms with E-state index in [1.807, 2.05) is 48.5 Å². The van der Waals surface area contributed by atoms with E-state index in [2.05, 4.69) is 0 Å². The Morgan fingerprint density at radius 1 is 0.946 bits per heavy atom. The van der Waals surface area contributed by atoms with Gasteiger partial charge in [0.1, 0.15) is 11.7 Å². The van der Waals surface area contributed by atoms with Crippen LogP contribution in [0, 0.1) is 51.2 Å². The molecular weight excluding hydrogens is 472 g/mol. The minimum atomic E-state index is -1.40. The largest absolute Gasteiger partial charge is 0.458 e. The highest BCUT2D eigenvalue weighted by Crippen LogP contribution is 2.75. The van der Waals surface area contributed by atoms with Crippen molar-refractivity contribution in [3.05, 3.63) is 11.1 Å². The molecule has 37 heavy (non-hydrogen) atoms. The number of esters is 1. The second kappa shape index (κ2) is 7.14. The van der Waals surface area contributed by atoms with E-state index in [0.717, 1.165) is 0 Å². The Bertz CT molecular complexity index is 1150. The van der Waals surface area contributed by atoms with Crippen LogP contribution in [-0.2, 0) is 19.1 Å². The van der Waals surface area contributed by atoms with E-state index in [1.165, 1.54) is 0 Å². The number of Topliss-reactive ketones (excluding diaryl/α,β-unsaturated/α-hetero) is 2. The van der Waals surface area contributed by atoms with Crippen molar-refractivity contribution in [1.82, 2.24) is 0 Å². The summed E-state index contributed by atoms with van der Waals surface area (Å²) in [7, 11) is 0. The van der Waals surface area contributed by atoms with Gasteiger partial charge in [-0.3, -0.25) is 14.4 Å². The topological polar surface area (TPSA) is 121 Å². The van der Waals surface area contributed by atoms with Crippen molar-refractivity contribution in [3.63, 3.8) is 0 Å². The van der Waals surface area contributed by atoms with Crippen molar-refractivity contribution in [2.45, 2.75) is 104 Å². The van der Waals surface area contributed by atoms with Gasteiger partial charge in [-0.1, -0.05) is 41.5 Å². The molecule has 5 aliphatic carbocycles. The van der Waals surface area contributed by atoms with Crippen molar-refractivity contribution in [1.29, 1.82) is 0 Å². The Morgan fingerprint density at radius 3 is 2.19 bits per heavy atom. The van der Waals surface area contributed by atoms with Gasteiger partial charge >= 0.3 is 5.97 Å². The van der Waals surface area contributed by atoms with Gasteiger partial charge in [-0.25, -0.2) is 0 Å². The zero-order valence-electron chi connectivity index (χ0n) is 23.1. The molecule has 204 valence electrons. The maximum absolute atomic E-state index is 14.8. The summed E-state index contributed by atoms with van der Waals surface area (Å²) in [5.41, 5.74) is -3.63. The molecule has 0 aromatic rings. The molecule has 1 aliphatic heterocycles. The molecule has 4 unspecified atom stereocenters. The van der Waals surface area contributed by atoms with Crippen LogP contribution in [0.3, 0.4) is 0 Å². The highest BCUT2D eigenvalue weighted by Gasteiger charge is 2.81. The third kappa shape index (κ3) is 2.58. The SMILES string of the molecule is CC1CC2(C[C@@H](C)C3[C@@H]2C(=O)[C@@]2(C)C4=C(C(=O)[C@@H](O)[C@]32C)[C@@]2(C)CC[C@H](O)C(C)(C)C2C[C@H]4O)OC1=O. The summed E-state index contributed by atoms with van der Waals surface area (Å²) >= 11 is 0. The molecule has 0 radical (unpaired) electrons. The van der Waals surface area contributed by atoms with Gasteiger partial charge in [0, 0.05) is 17.4 Å². The summed E-state index contributed by atoms with van der Waals surface area (Å²) in [6.45, 7) is 13.5. The molecule has 12 atom stereocenters. The Labute approximate surface area is 219 Å². The number of rotatable bonds is 0. The first kappa shape index (κ1) is 25.7. The molecule has 4 fully saturated rings. The molecule has 3 N–H and O–H groups in total. The molecule has 1 spiro atoms. The van der Waals surface area contributed by atoms with E-state index in [9.17, 15) is 29.7 Å². The smallest absolute Gasteiger partial charge is 0.309 e. The lowest BCUT2D eigenvalue weighted by Gasteiger charge is -2.62. The minimum Gasteiger partial charge on any atom is -0.458 e. The first-order valence-electron chi connectivity index (χ1n) is 14.1. The van der Waals surface area contributed by atoms with Crippen LogP contribution in [0.1, 0.15) is 80.6 Å². The van der Waals surface area contributed by atoms with Crippen LogP contribution in [0.5, 0.6) is 0 Å². The zero-order valence-corrected chi connectivity index (χ0v) is 23.1. The maximum Gasteiger partial charge on any atom is 0.309 e. The second-order valence-corrected chi connectivity index (χ2v) is 14.7. The Kier molecular flexibility index (Phi) is 4.96. The van der Waals surface area contributed by atoms with Gasteiger partial charge in [0.05, 0.1) is 29.5 Å². The molecule has 7 nitrogen and oxygen atoms in total. The first-order chi connectivity index (χ1) is 17.0. The summed E-state index contributed by atoms with van der Waals surface area (Å²) in [4.78, 5) is 41.6. The maximum atomic E-state index is 14.8. The van der Waals surface area contributed by atoms with Gasteiger partial charge in [0.25, 0.3) is 0 Å². The van der Waals surface area contributed by atoms with Crippen LogP contribution >= 0.6 is 0 Å². The number of ketones is 2. The van der Waals surface area contributed by atoms with Crippen molar-refractivity contribution < 1.29 is 34.4 Å². The predicted octanol–water partition coefficient (Wildman–Crippen LogP) is 2.98. The Morgan fingerprint density at radius 2 is 1.59 bits per heavy atom. The van der Waals surface area contributed by atoms with Gasteiger partial charge in [0.15, 0.2) is 11.6 Å². The third-order valence-corrected chi connectivity index (χ3v) is 12.8. The summed E-state index contributed by atoms with van der Waals surface area (Å²) in [6.07, 6.45) is -0.581. The molecule has 7 heteroatoms. The highest BCUT2D eigenvalue weighted by atomic mass is 16.6. The molecule has 0 bridgehead atoms. The lowest BCUT2D eigenvalue weighted by atomic mass is 9.42. The first-order valence-corrected chi connectivity index (χ1v) is 14.1. The molecule has 1 heterocycles. The number of carbonyl (C=O) groups is 3. The fourth-order valence-corrected chi connectivity index (χ4v) is 11.0. The van der Waals surface area contributed by atoms with E-state index in [1.54, 1.807) is 0 Å². The van der Waals surface area contributed by atoms with Crippen LogP contribution in [0.25, 0.3) is 0 Å². The van der Waals surface area contributed by atoms with Gasteiger partial charge < -0.3 is 20.1 Å². The average molecular weight is 515 g/mol. The van der Waals surface area contributed by atoms with E-state index in [-0.39, 0.29) is 41.2 Å². The number of hydrogen-bond donors (Lipinski definition) is 3. The van der Waals surface area contributed by atoms with Crippen LogP contribution in [0.4, 0.5) is 0 Å². The lowest BCUT2D eigenvalue weighted by Crippen LogP contribution is -2.65.